The molecule has 1 fully saturated rings. The fourth-order valence-corrected chi connectivity index (χ4v) is 3.25. The highest BCUT2D eigenvalue weighted by Crippen LogP contribution is 2.34. The fourth-order valence-electron chi connectivity index (χ4n) is 3.25. The summed E-state index contributed by atoms with van der Waals surface area (Å²) < 4.78 is 11.5. The summed E-state index contributed by atoms with van der Waals surface area (Å²) in [6, 6.07) is 13.2. The van der Waals surface area contributed by atoms with Crippen molar-refractivity contribution in [3.05, 3.63) is 59.9 Å². The maximum absolute atomic E-state index is 9.33. The molecule has 0 unspecified atom stereocenters. The maximum Gasteiger partial charge on any atom is 0.155 e. The van der Waals surface area contributed by atoms with Gasteiger partial charge in [-0.1, -0.05) is 6.07 Å². The van der Waals surface area contributed by atoms with Crippen LogP contribution in [0, 0.1) is 11.3 Å². The zero-order chi connectivity index (χ0) is 20.8. The number of pyridine rings is 1. The van der Waals surface area contributed by atoms with E-state index in [1.165, 1.54) is 0 Å². The average Bonchev–Trinajstić information content (AvgIpc) is 2.81. The highest BCUT2D eigenvalue weighted by atomic mass is 16.5. The van der Waals surface area contributed by atoms with Gasteiger partial charge >= 0.3 is 0 Å². The van der Waals surface area contributed by atoms with E-state index in [-0.39, 0.29) is 0 Å². The van der Waals surface area contributed by atoms with Crippen LogP contribution in [-0.2, 0) is 11.2 Å². The van der Waals surface area contributed by atoms with Crippen LogP contribution in [0.25, 0.3) is 11.3 Å². The molecule has 4 rings (SSSR count). The van der Waals surface area contributed by atoms with E-state index >= 15 is 0 Å². The van der Waals surface area contributed by atoms with E-state index in [0.29, 0.717) is 36.8 Å². The molecule has 0 radical (unpaired) electrons. The van der Waals surface area contributed by atoms with Crippen molar-refractivity contribution in [3.8, 4) is 28.8 Å². The van der Waals surface area contributed by atoms with Crippen LogP contribution in [0.2, 0.25) is 0 Å². The predicted octanol–water partition coefficient (Wildman–Crippen LogP) is 2.54. The molecule has 0 bridgehead atoms. The van der Waals surface area contributed by atoms with Gasteiger partial charge in [0.1, 0.15) is 5.75 Å². The number of nitrogens with zero attached hydrogens (tertiary/aromatic N) is 5. The zero-order valence-electron chi connectivity index (χ0n) is 16.5. The highest BCUT2D eigenvalue weighted by molar-refractivity contribution is 5.69. The maximum atomic E-state index is 9.33. The minimum atomic E-state index is 0.504. The van der Waals surface area contributed by atoms with E-state index in [1.807, 2.05) is 30.5 Å². The van der Waals surface area contributed by atoms with Crippen molar-refractivity contribution in [2.24, 2.45) is 5.73 Å². The molecule has 0 amide bonds. The molecule has 2 N–H and O–H groups in total. The van der Waals surface area contributed by atoms with Gasteiger partial charge in [-0.25, -0.2) is 0 Å². The van der Waals surface area contributed by atoms with Gasteiger partial charge in [0.2, 0.25) is 0 Å². The second-order valence-corrected chi connectivity index (χ2v) is 6.86. The summed E-state index contributed by atoms with van der Waals surface area (Å²) >= 11 is 0. The summed E-state index contributed by atoms with van der Waals surface area (Å²) in [6.07, 6.45) is 4.15. The van der Waals surface area contributed by atoms with Crippen molar-refractivity contribution < 1.29 is 9.47 Å². The van der Waals surface area contributed by atoms with Gasteiger partial charge in [-0.3, -0.25) is 4.98 Å². The van der Waals surface area contributed by atoms with Gasteiger partial charge in [-0.15, -0.1) is 5.10 Å². The SMILES string of the molecule is N#Cc1ccc(-c2ccc(CCN)cn2)c(Oc2cnnc(N3CCOCC3)c2)c1. The molecule has 0 aliphatic carbocycles. The number of benzene rings is 1. The summed E-state index contributed by atoms with van der Waals surface area (Å²) in [4.78, 5) is 6.65. The van der Waals surface area contributed by atoms with Crippen LogP contribution in [0.4, 0.5) is 5.82 Å². The molecule has 0 saturated carbocycles. The molecular formula is C22H22N6O2. The van der Waals surface area contributed by atoms with Crippen molar-refractivity contribution >= 4 is 5.82 Å². The quantitative estimate of drug-likeness (QED) is 0.670. The Morgan fingerprint density at radius 3 is 2.73 bits per heavy atom. The largest absolute Gasteiger partial charge is 0.455 e. The number of morpholine rings is 1. The van der Waals surface area contributed by atoms with E-state index in [4.69, 9.17) is 15.2 Å². The Kier molecular flexibility index (Phi) is 6.13. The third kappa shape index (κ3) is 4.54. The van der Waals surface area contributed by atoms with Crippen LogP contribution in [0.1, 0.15) is 11.1 Å². The van der Waals surface area contributed by atoms with E-state index in [9.17, 15) is 5.26 Å². The monoisotopic (exact) mass is 402 g/mol. The van der Waals surface area contributed by atoms with Crippen LogP contribution in [0.15, 0.2) is 48.8 Å². The molecule has 1 saturated heterocycles. The van der Waals surface area contributed by atoms with Crippen molar-refractivity contribution in [1.82, 2.24) is 15.2 Å². The van der Waals surface area contributed by atoms with Gasteiger partial charge in [0.05, 0.1) is 36.7 Å². The van der Waals surface area contributed by atoms with Crippen molar-refractivity contribution in [2.75, 3.05) is 37.7 Å². The number of ether oxygens (including phenoxy) is 2. The molecular weight excluding hydrogens is 380 g/mol. The van der Waals surface area contributed by atoms with Gasteiger partial charge in [-0.2, -0.15) is 10.4 Å². The average molecular weight is 402 g/mol. The second-order valence-electron chi connectivity index (χ2n) is 6.86. The molecule has 0 atom stereocenters. The lowest BCUT2D eigenvalue weighted by Crippen LogP contribution is -2.36. The molecule has 8 heteroatoms. The lowest BCUT2D eigenvalue weighted by atomic mass is 10.1. The molecule has 1 aliphatic heterocycles. The molecule has 152 valence electrons. The van der Waals surface area contributed by atoms with Crippen LogP contribution in [-0.4, -0.2) is 48.0 Å². The van der Waals surface area contributed by atoms with Gasteiger partial charge in [0.25, 0.3) is 0 Å². The number of nitrogens with two attached hydrogens (primary N) is 1. The lowest BCUT2D eigenvalue weighted by Gasteiger charge is -2.27. The summed E-state index contributed by atoms with van der Waals surface area (Å²) in [5, 5.41) is 17.6. The normalized spacial score (nSPS) is 13.7. The number of rotatable bonds is 6. The molecule has 0 spiro atoms. The number of hydrogen-bond donors (Lipinski definition) is 1. The molecule has 2 aromatic heterocycles. The first-order valence-electron chi connectivity index (χ1n) is 9.79. The third-order valence-electron chi connectivity index (χ3n) is 4.82. The number of anilines is 1. The highest BCUT2D eigenvalue weighted by Gasteiger charge is 2.15. The Morgan fingerprint density at radius 2 is 2.00 bits per heavy atom. The first-order chi connectivity index (χ1) is 14.8. The summed E-state index contributed by atoms with van der Waals surface area (Å²) in [5.74, 6) is 1.81. The molecule has 3 heterocycles. The van der Waals surface area contributed by atoms with Gasteiger partial charge in [0, 0.05) is 30.9 Å². The van der Waals surface area contributed by atoms with Gasteiger partial charge in [0.15, 0.2) is 11.6 Å². The van der Waals surface area contributed by atoms with E-state index in [2.05, 4.69) is 26.2 Å². The van der Waals surface area contributed by atoms with E-state index in [1.54, 1.807) is 18.3 Å². The first kappa shape index (κ1) is 19.8. The molecule has 1 aliphatic rings. The summed E-state index contributed by atoms with van der Waals surface area (Å²) in [7, 11) is 0. The third-order valence-corrected chi connectivity index (χ3v) is 4.82. The fraction of sp³-hybridized carbons (Fsp3) is 0.273. The van der Waals surface area contributed by atoms with Crippen molar-refractivity contribution in [3.63, 3.8) is 0 Å². The molecule has 3 aromatic rings. The minimum Gasteiger partial charge on any atom is -0.455 e. The minimum absolute atomic E-state index is 0.504. The predicted molar refractivity (Wildman–Crippen MR) is 112 cm³/mol. The molecule has 30 heavy (non-hydrogen) atoms. The van der Waals surface area contributed by atoms with E-state index < -0.39 is 0 Å². The summed E-state index contributed by atoms with van der Waals surface area (Å²) in [5.41, 5.74) is 8.74. The zero-order valence-corrected chi connectivity index (χ0v) is 16.5. The molecule has 1 aromatic carbocycles. The number of nitriles is 1. The second kappa shape index (κ2) is 9.31. The van der Waals surface area contributed by atoms with Crippen molar-refractivity contribution in [2.45, 2.75) is 6.42 Å². The van der Waals surface area contributed by atoms with Crippen LogP contribution < -0.4 is 15.4 Å². The van der Waals surface area contributed by atoms with Gasteiger partial charge < -0.3 is 20.1 Å². The Balaban J connectivity index is 1.64. The Hall–Kier alpha value is -3.54. The van der Waals surface area contributed by atoms with Crippen molar-refractivity contribution in [1.29, 1.82) is 5.26 Å². The first-order valence-corrected chi connectivity index (χ1v) is 9.79. The van der Waals surface area contributed by atoms with Crippen LogP contribution >= 0.6 is 0 Å². The van der Waals surface area contributed by atoms with Crippen LogP contribution in [0.5, 0.6) is 11.5 Å². The Morgan fingerprint density at radius 1 is 1.13 bits per heavy atom. The Bertz CT molecular complexity index is 1040. The topological polar surface area (TPSA) is 110 Å². The van der Waals surface area contributed by atoms with Gasteiger partial charge in [-0.05, 0) is 42.8 Å². The number of aromatic nitrogens is 3. The Labute approximate surface area is 174 Å². The smallest absolute Gasteiger partial charge is 0.155 e. The van der Waals surface area contributed by atoms with Crippen LogP contribution in [0.3, 0.4) is 0 Å². The number of hydrogen-bond acceptors (Lipinski definition) is 8. The standard InChI is InChI=1S/C22H22N6O2/c23-6-5-16-2-4-20(25-14-16)19-3-1-17(13-24)11-21(19)30-18-12-22(27-26-15-18)28-7-9-29-10-8-28/h1-4,11-12,14-15H,5-10,23H2. The lowest BCUT2D eigenvalue weighted by molar-refractivity contribution is 0.122. The molecule has 8 nitrogen and oxygen atoms in total. The summed E-state index contributed by atoms with van der Waals surface area (Å²) in [6.45, 7) is 3.41. The van der Waals surface area contributed by atoms with E-state index in [0.717, 1.165) is 42.1 Å².